The van der Waals surface area contributed by atoms with E-state index in [0.29, 0.717) is 0 Å². The van der Waals surface area contributed by atoms with Gasteiger partial charge in [0.05, 0.1) is 6.33 Å². The maximum atomic E-state index is 5.58. The van der Waals surface area contributed by atoms with Crippen LogP contribution in [-0.4, -0.2) is 15.0 Å². The van der Waals surface area contributed by atoms with Crippen LogP contribution in [0.4, 0.5) is 0 Å². The molecule has 19 heavy (non-hydrogen) atoms. The molecule has 1 unspecified atom stereocenters. The number of imidazole rings is 1. The van der Waals surface area contributed by atoms with Gasteiger partial charge in [-0.05, 0) is 11.5 Å². The molecule has 1 aliphatic rings. The Morgan fingerprint density at radius 3 is 2.84 bits per heavy atom. The third kappa shape index (κ3) is 2.14. The summed E-state index contributed by atoms with van der Waals surface area (Å²) in [6, 6.07) is 0. The molecule has 0 spiro atoms. The first-order valence-corrected chi connectivity index (χ1v) is 6.38. The van der Waals surface area contributed by atoms with Gasteiger partial charge in [-0.2, -0.15) is 0 Å². The molecule has 0 saturated heterocycles. The Hall–Kier alpha value is -2.10. The maximum Gasteiger partial charge on any atom is 0.181 e. The second-order valence-corrected chi connectivity index (χ2v) is 5.79. The number of H-pyrrole nitrogens is 1. The molecule has 0 fully saturated rings. The Labute approximate surface area is 111 Å². The number of rotatable bonds is 1. The average molecular weight is 255 g/mol. The molecule has 1 atom stereocenters. The molecule has 2 heterocycles. The predicted octanol–water partition coefficient (Wildman–Crippen LogP) is 1.73. The molecule has 0 amide bonds. The third-order valence-electron chi connectivity index (χ3n) is 3.33. The summed E-state index contributed by atoms with van der Waals surface area (Å²) < 4.78 is 5.58. The fraction of sp³-hybridized carbons (Fsp3) is 0.333. The summed E-state index contributed by atoms with van der Waals surface area (Å²) >= 11 is 0. The van der Waals surface area contributed by atoms with Crippen molar-refractivity contribution in [1.82, 2.24) is 15.0 Å². The Morgan fingerprint density at radius 2 is 2.16 bits per heavy atom. The molecule has 1 aliphatic carbocycles. The SMILES string of the molecule is CC(C)(C)C1=c2ocnc2=CC(c2cnc[nH]2)C=C1. The fourth-order valence-corrected chi connectivity index (χ4v) is 2.31. The van der Waals surface area contributed by atoms with E-state index in [-0.39, 0.29) is 11.3 Å². The van der Waals surface area contributed by atoms with E-state index >= 15 is 0 Å². The van der Waals surface area contributed by atoms with Crippen molar-refractivity contribution >= 4 is 11.6 Å². The number of hydrogen-bond donors (Lipinski definition) is 1. The van der Waals surface area contributed by atoms with Crippen molar-refractivity contribution in [3.8, 4) is 0 Å². The van der Waals surface area contributed by atoms with E-state index in [9.17, 15) is 0 Å². The number of aromatic amines is 1. The summed E-state index contributed by atoms with van der Waals surface area (Å²) in [5.41, 5.74) is 3.10. The largest absolute Gasteiger partial charge is 0.443 e. The lowest BCUT2D eigenvalue weighted by atomic mass is 9.86. The minimum absolute atomic E-state index is 0.0154. The third-order valence-corrected chi connectivity index (χ3v) is 3.33. The van der Waals surface area contributed by atoms with Crippen LogP contribution < -0.4 is 10.8 Å². The van der Waals surface area contributed by atoms with Gasteiger partial charge in [-0.15, -0.1) is 0 Å². The van der Waals surface area contributed by atoms with Crippen molar-refractivity contribution in [3.63, 3.8) is 0 Å². The Kier molecular flexibility index (Phi) is 2.66. The lowest BCUT2D eigenvalue weighted by molar-refractivity contribution is 0.495. The van der Waals surface area contributed by atoms with Crippen molar-refractivity contribution in [3.05, 3.63) is 47.5 Å². The number of nitrogens with one attached hydrogen (secondary N) is 1. The Balaban J connectivity index is 2.21. The van der Waals surface area contributed by atoms with E-state index in [4.69, 9.17) is 4.42 Å². The number of nitrogens with zero attached hydrogens (tertiary/aromatic N) is 2. The number of allylic oxidation sites excluding steroid dienone is 2. The highest BCUT2D eigenvalue weighted by Crippen LogP contribution is 2.28. The predicted molar refractivity (Wildman–Crippen MR) is 73.5 cm³/mol. The van der Waals surface area contributed by atoms with Gasteiger partial charge in [0.2, 0.25) is 0 Å². The molecule has 98 valence electrons. The van der Waals surface area contributed by atoms with Crippen LogP contribution in [0.1, 0.15) is 32.4 Å². The lowest BCUT2D eigenvalue weighted by Crippen LogP contribution is -2.28. The molecule has 3 rings (SSSR count). The quantitative estimate of drug-likeness (QED) is 0.844. The summed E-state index contributed by atoms with van der Waals surface area (Å²) in [5, 5.41) is 0.898. The van der Waals surface area contributed by atoms with Gasteiger partial charge in [-0.3, -0.25) is 0 Å². The summed E-state index contributed by atoms with van der Waals surface area (Å²) in [5.74, 6) is 0.145. The summed E-state index contributed by atoms with van der Waals surface area (Å²) in [4.78, 5) is 11.6. The molecule has 0 bridgehead atoms. The Bertz CT molecular complexity index is 714. The normalized spacial score (nSPS) is 18.9. The standard InChI is InChI=1S/C15H17N3O/c1-15(2,3)11-5-4-10(13-7-16-8-17-13)6-12-14(11)19-9-18-12/h4-10H,1-3H3,(H,16,17). The second kappa shape index (κ2) is 4.23. The highest BCUT2D eigenvalue weighted by molar-refractivity contribution is 5.63. The summed E-state index contributed by atoms with van der Waals surface area (Å²) in [6.07, 6.45) is 11.4. The zero-order chi connectivity index (χ0) is 13.5. The molecule has 4 nitrogen and oxygen atoms in total. The fourth-order valence-electron chi connectivity index (χ4n) is 2.31. The zero-order valence-electron chi connectivity index (χ0n) is 11.3. The van der Waals surface area contributed by atoms with Crippen LogP contribution in [0.3, 0.4) is 0 Å². The molecule has 0 aromatic carbocycles. The highest BCUT2D eigenvalue weighted by Gasteiger charge is 2.20. The van der Waals surface area contributed by atoms with Crippen molar-refractivity contribution < 1.29 is 4.42 Å². The minimum atomic E-state index is 0.0154. The van der Waals surface area contributed by atoms with Crippen LogP contribution in [0, 0.1) is 5.41 Å². The Morgan fingerprint density at radius 1 is 1.32 bits per heavy atom. The van der Waals surface area contributed by atoms with Gasteiger partial charge in [0.25, 0.3) is 0 Å². The van der Waals surface area contributed by atoms with E-state index in [1.807, 2.05) is 6.20 Å². The van der Waals surface area contributed by atoms with Gasteiger partial charge < -0.3 is 9.40 Å². The van der Waals surface area contributed by atoms with Crippen molar-refractivity contribution in [2.75, 3.05) is 0 Å². The van der Waals surface area contributed by atoms with Gasteiger partial charge in [0.1, 0.15) is 5.35 Å². The number of hydrogen-bond acceptors (Lipinski definition) is 3. The summed E-state index contributed by atoms with van der Waals surface area (Å²) in [7, 11) is 0. The van der Waals surface area contributed by atoms with E-state index < -0.39 is 0 Å². The summed E-state index contributed by atoms with van der Waals surface area (Å²) in [6.45, 7) is 6.53. The van der Waals surface area contributed by atoms with Gasteiger partial charge in [0.15, 0.2) is 11.8 Å². The number of aromatic nitrogens is 3. The minimum Gasteiger partial charge on any atom is -0.443 e. The maximum absolute atomic E-state index is 5.58. The van der Waals surface area contributed by atoms with Crippen LogP contribution in [0.5, 0.6) is 0 Å². The van der Waals surface area contributed by atoms with Crippen molar-refractivity contribution in [2.24, 2.45) is 5.41 Å². The van der Waals surface area contributed by atoms with Gasteiger partial charge in [0, 0.05) is 23.4 Å². The molecular weight excluding hydrogens is 238 g/mol. The molecule has 4 heteroatoms. The highest BCUT2D eigenvalue weighted by atomic mass is 16.3. The van der Waals surface area contributed by atoms with E-state index in [2.05, 4.69) is 54.0 Å². The van der Waals surface area contributed by atoms with E-state index in [1.54, 1.807) is 6.33 Å². The lowest BCUT2D eigenvalue weighted by Gasteiger charge is -2.18. The molecule has 0 radical (unpaired) electrons. The van der Waals surface area contributed by atoms with Crippen LogP contribution in [0.15, 0.2) is 35.5 Å². The molecule has 2 aromatic rings. The van der Waals surface area contributed by atoms with Crippen molar-refractivity contribution in [1.29, 1.82) is 0 Å². The molecule has 0 saturated carbocycles. The zero-order valence-corrected chi connectivity index (χ0v) is 11.3. The average Bonchev–Trinajstić information content (AvgIpc) is 2.96. The van der Waals surface area contributed by atoms with Crippen LogP contribution >= 0.6 is 0 Å². The van der Waals surface area contributed by atoms with Crippen molar-refractivity contribution in [2.45, 2.75) is 26.7 Å². The first-order valence-electron chi connectivity index (χ1n) is 6.38. The first-order chi connectivity index (χ1) is 9.05. The molecule has 1 N–H and O–H groups in total. The van der Waals surface area contributed by atoms with Gasteiger partial charge in [-0.1, -0.05) is 32.9 Å². The van der Waals surface area contributed by atoms with Crippen LogP contribution in [0.25, 0.3) is 11.6 Å². The smallest absolute Gasteiger partial charge is 0.181 e. The van der Waals surface area contributed by atoms with Crippen LogP contribution in [0.2, 0.25) is 0 Å². The molecular formula is C15H17N3O. The first kappa shape index (κ1) is 12.0. The molecule has 0 aliphatic heterocycles. The number of fused-ring (bicyclic) bond motifs is 1. The number of oxazole rings is 1. The topological polar surface area (TPSA) is 54.7 Å². The monoisotopic (exact) mass is 255 g/mol. The van der Waals surface area contributed by atoms with Gasteiger partial charge >= 0.3 is 0 Å². The van der Waals surface area contributed by atoms with Crippen LogP contribution in [-0.2, 0) is 0 Å². The second-order valence-electron chi connectivity index (χ2n) is 5.79. The van der Waals surface area contributed by atoms with E-state index in [0.717, 1.165) is 16.5 Å². The van der Waals surface area contributed by atoms with E-state index in [1.165, 1.54) is 12.0 Å². The van der Waals surface area contributed by atoms with Gasteiger partial charge in [-0.25, -0.2) is 9.97 Å². The molecule has 2 aromatic heterocycles.